The number of anilines is 2. The van der Waals surface area contributed by atoms with Gasteiger partial charge in [0.05, 0.1) is 25.2 Å². The summed E-state index contributed by atoms with van der Waals surface area (Å²) >= 11 is 1.38. The zero-order valence-corrected chi connectivity index (χ0v) is 24.8. The average Bonchev–Trinajstić information content (AvgIpc) is 3.04. The van der Waals surface area contributed by atoms with E-state index in [0.717, 1.165) is 4.90 Å². The second-order valence-corrected chi connectivity index (χ2v) is 10.5. The third-order valence-corrected chi connectivity index (χ3v) is 7.58. The molecule has 9 nitrogen and oxygen atoms in total. The summed E-state index contributed by atoms with van der Waals surface area (Å²) in [6, 6.07) is 24.5. The molecule has 1 aromatic heterocycles. The van der Waals surface area contributed by atoms with Crippen LogP contribution >= 0.6 is 11.8 Å². The summed E-state index contributed by atoms with van der Waals surface area (Å²) in [5, 5.41) is 8.10. The van der Waals surface area contributed by atoms with Gasteiger partial charge in [-0.25, -0.2) is 0 Å². The number of rotatable bonds is 12. The largest absolute Gasteiger partial charge is 0.497 e. The molecule has 3 amide bonds. The van der Waals surface area contributed by atoms with Crippen LogP contribution in [0.15, 0.2) is 108 Å². The first-order valence-corrected chi connectivity index (χ1v) is 14.4. The molecule has 0 aliphatic carbocycles. The fourth-order valence-electron chi connectivity index (χ4n) is 4.02. The van der Waals surface area contributed by atoms with Gasteiger partial charge in [0.1, 0.15) is 17.2 Å². The molecule has 0 fully saturated rings. The SMILES string of the molecule is CCC(Sc1cccc(NC(=O)/C(=C/c2cccnc2)NC(=O)c2ccccc2)c1)C(=O)Nc1ccc(OC)cc1OC. The summed E-state index contributed by atoms with van der Waals surface area (Å²) in [5.41, 5.74) is 2.17. The number of amides is 3. The van der Waals surface area contributed by atoms with Crippen LogP contribution in [0, 0.1) is 0 Å². The maximum atomic E-state index is 13.4. The molecular formula is C33H32N4O5S. The third-order valence-electron chi connectivity index (χ3n) is 6.22. The topological polar surface area (TPSA) is 119 Å². The number of aromatic nitrogens is 1. The standard InChI is InChI=1S/C33H32N4O5S/c1-4-30(33(40)36-27-16-15-25(41-2)20-29(27)42-3)43-26-14-8-13-24(19-26)35-32(39)28(18-22-10-9-17-34-21-22)37-31(38)23-11-6-5-7-12-23/h5-21,30H,4H2,1-3H3,(H,35,39)(H,36,40)(H,37,38)/b28-18-. The van der Waals surface area contributed by atoms with Gasteiger partial charge >= 0.3 is 0 Å². The van der Waals surface area contributed by atoms with E-state index in [9.17, 15) is 14.4 Å². The van der Waals surface area contributed by atoms with Crippen molar-refractivity contribution in [2.75, 3.05) is 24.9 Å². The molecule has 3 aromatic carbocycles. The van der Waals surface area contributed by atoms with Crippen LogP contribution in [0.3, 0.4) is 0 Å². The lowest BCUT2D eigenvalue weighted by molar-refractivity contribution is -0.116. The Labute approximate surface area is 254 Å². The molecule has 0 radical (unpaired) electrons. The number of hydrogen-bond donors (Lipinski definition) is 3. The molecule has 1 heterocycles. The molecule has 3 N–H and O–H groups in total. The van der Waals surface area contributed by atoms with Crippen LogP contribution in [0.25, 0.3) is 6.08 Å². The molecule has 4 aromatic rings. The van der Waals surface area contributed by atoms with Crippen LogP contribution in [0.4, 0.5) is 11.4 Å². The van der Waals surface area contributed by atoms with E-state index >= 15 is 0 Å². The van der Waals surface area contributed by atoms with Gasteiger partial charge in [0, 0.05) is 34.6 Å². The van der Waals surface area contributed by atoms with Crippen molar-refractivity contribution in [2.24, 2.45) is 0 Å². The van der Waals surface area contributed by atoms with Crippen LogP contribution in [0.5, 0.6) is 11.5 Å². The fourth-order valence-corrected chi connectivity index (χ4v) is 5.03. The molecule has 0 bridgehead atoms. The number of methoxy groups -OCH3 is 2. The Bertz CT molecular complexity index is 1600. The number of ether oxygens (including phenoxy) is 2. The van der Waals surface area contributed by atoms with E-state index in [1.165, 1.54) is 18.9 Å². The third kappa shape index (κ3) is 8.70. The van der Waals surface area contributed by atoms with Gasteiger partial charge in [-0.2, -0.15) is 0 Å². The highest BCUT2D eigenvalue weighted by molar-refractivity contribution is 8.00. The molecule has 1 atom stereocenters. The minimum absolute atomic E-state index is 0.0548. The number of thioether (sulfide) groups is 1. The maximum absolute atomic E-state index is 13.4. The Morgan fingerprint density at radius 2 is 1.72 bits per heavy atom. The van der Waals surface area contributed by atoms with E-state index in [0.29, 0.717) is 40.4 Å². The van der Waals surface area contributed by atoms with Crippen LogP contribution in [-0.4, -0.2) is 42.2 Å². The predicted molar refractivity (Wildman–Crippen MR) is 169 cm³/mol. The minimum atomic E-state index is -0.508. The number of nitrogens with one attached hydrogen (secondary N) is 3. The quantitative estimate of drug-likeness (QED) is 0.135. The Balaban J connectivity index is 1.48. The van der Waals surface area contributed by atoms with Gasteiger partial charge in [0.25, 0.3) is 11.8 Å². The lowest BCUT2D eigenvalue weighted by Gasteiger charge is -2.17. The van der Waals surface area contributed by atoms with Gasteiger partial charge in [-0.1, -0.05) is 37.3 Å². The monoisotopic (exact) mass is 596 g/mol. The average molecular weight is 597 g/mol. The molecule has 0 saturated heterocycles. The summed E-state index contributed by atoms with van der Waals surface area (Å²) in [4.78, 5) is 44.3. The first-order valence-electron chi connectivity index (χ1n) is 13.5. The van der Waals surface area contributed by atoms with Crippen molar-refractivity contribution in [3.05, 3.63) is 114 Å². The highest BCUT2D eigenvalue weighted by Gasteiger charge is 2.21. The molecule has 10 heteroatoms. The van der Waals surface area contributed by atoms with Crippen molar-refractivity contribution in [2.45, 2.75) is 23.5 Å². The maximum Gasteiger partial charge on any atom is 0.272 e. The normalized spacial score (nSPS) is 11.7. The fraction of sp³-hybridized carbons (Fsp3) is 0.152. The van der Waals surface area contributed by atoms with Gasteiger partial charge in [-0.15, -0.1) is 11.8 Å². The number of hydrogen-bond acceptors (Lipinski definition) is 7. The van der Waals surface area contributed by atoms with Crippen molar-refractivity contribution in [3.63, 3.8) is 0 Å². The molecule has 0 spiro atoms. The van der Waals surface area contributed by atoms with E-state index in [4.69, 9.17) is 9.47 Å². The van der Waals surface area contributed by atoms with Crippen molar-refractivity contribution < 1.29 is 23.9 Å². The minimum Gasteiger partial charge on any atom is -0.497 e. The molecule has 0 aliphatic rings. The highest BCUT2D eigenvalue weighted by Crippen LogP contribution is 2.32. The van der Waals surface area contributed by atoms with E-state index in [1.54, 1.807) is 98.4 Å². The summed E-state index contributed by atoms with van der Waals surface area (Å²) in [6.07, 6.45) is 5.35. The molecule has 0 aliphatic heterocycles. The Hall–Kier alpha value is -5.09. The van der Waals surface area contributed by atoms with E-state index in [1.807, 2.05) is 19.1 Å². The zero-order chi connectivity index (χ0) is 30.6. The molecule has 220 valence electrons. The first kappa shape index (κ1) is 30.9. The highest BCUT2D eigenvalue weighted by atomic mass is 32.2. The van der Waals surface area contributed by atoms with Crippen molar-refractivity contribution in [3.8, 4) is 11.5 Å². The van der Waals surface area contributed by atoms with E-state index in [-0.39, 0.29) is 11.6 Å². The lowest BCUT2D eigenvalue weighted by Crippen LogP contribution is -2.30. The number of carbonyl (C=O) groups is 3. The molecule has 43 heavy (non-hydrogen) atoms. The molecule has 1 unspecified atom stereocenters. The summed E-state index contributed by atoms with van der Waals surface area (Å²) < 4.78 is 10.6. The van der Waals surface area contributed by atoms with E-state index < -0.39 is 17.1 Å². The van der Waals surface area contributed by atoms with Crippen LogP contribution in [0.1, 0.15) is 29.3 Å². The smallest absolute Gasteiger partial charge is 0.272 e. The Morgan fingerprint density at radius 3 is 2.42 bits per heavy atom. The summed E-state index contributed by atoms with van der Waals surface area (Å²) in [6.45, 7) is 1.93. The molecular weight excluding hydrogens is 564 g/mol. The zero-order valence-electron chi connectivity index (χ0n) is 24.0. The number of benzene rings is 3. The second-order valence-electron chi connectivity index (χ2n) is 9.22. The van der Waals surface area contributed by atoms with Gasteiger partial charge in [0.15, 0.2) is 0 Å². The molecule has 4 rings (SSSR count). The van der Waals surface area contributed by atoms with E-state index in [2.05, 4.69) is 20.9 Å². The van der Waals surface area contributed by atoms with Gasteiger partial charge in [0.2, 0.25) is 5.91 Å². The first-order chi connectivity index (χ1) is 20.9. The van der Waals surface area contributed by atoms with Crippen molar-refractivity contribution in [1.29, 1.82) is 0 Å². The Morgan fingerprint density at radius 1 is 0.907 bits per heavy atom. The number of nitrogens with zero attached hydrogens (tertiary/aromatic N) is 1. The van der Waals surface area contributed by atoms with Crippen molar-refractivity contribution in [1.82, 2.24) is 10.3 Å². The van der Waals surface area contributed by atoms with Crippen LogP contribution in [-0.2, 0) is 9.59 Å². The lowest BCUT2D eigenvalue weighted by atomic mass is 10.2. The van der Waals surface area contributed by atoms with Gasteiger partial charge in [-0.3, -0.25) is 19.4 Å². The van der Waals surface area contributed by atoms with Crippen molar-refractivity contribution >= 4 is 46.9 Å². The second kappa shape index (κ2) is 15.2. The van der Waals surface area contributed by atoms with Gasteiger partial charge < -0.3 is 25.4 Å². The number of pyridine rings is 1. The summed E-state index contributed by atoms with van der Waals surface area (Å²) in [7, 11) is 3.09. The van der Waals surface area contributed by atoms with Crippen LogP contribution in [0.2, 0.25) is 0 Å². The predicted octanol–water partition coefficient (Wildman–Crippen LogP) is 6.02. The molecule has 0 saturated carbocycles. The van der Waals surface area contributed by atoms with Crippen LogP contribution < -0.4 is 25.4 Å². The Kier molecular flexibility index (Phi) is 10.9. The van der Waals surface area contributed by atoms with Gasteiger partial charge in [-0.05, 0) is 66.6 Å². The summed E-state index contributed by atoms with van der Waals surface area (Å²) in [5.74, 6) is 0.00262. The number of carbonyl (C=O) groups excluding carboxylic acids is 3.